The lowest BCUT2D eigenvalue weighted by Gasteiger charge is -2.14. The van der Waals surface area contributed by atoms with Crippen LogP contribution in [0.4, 0.5) is 8.78 Å². The summed E-state index contributed by atoms with van der Waals surface area (Å²) in [5.41, 5.74) is 0.175. The van der Waals surface area contributed by atoms with E-state index in [2.05, 4.69) is 12.2 Å². The molecule has 0 spiro atoms. The molecule has 0 aliphatic heterocycles. The summed E-state index contributed by atoms with van der Waals surface area (Å²) in [4.78, 5) is 23.1. The molecule has 0 fully saturated rings. The smallest absolute Gasteiger partial charge is 0.326 e. The number of carboxylic acids is 1. The van der Waals surface area contributed by atoms with E-state index in [0.717, 1.165) is 50.3 Å². The molecule has 2 N–H and O–H groups in total. The Labute approximate surface area is 141 Å². The average Bonchev–Trinajstić information content (AvgIpc) is 2.48. The van der Waals surface area contributed by atoms with E-state index in [1.807, 2.05) is 0 Å². The van der Waals surface area contributed by atoms with Crippen LogP contribution in [0.5, 0.6) is 0 Å². The SMILES string of the molecule is CCCCCCCC[C@@H](NC(=O)Cc1cc(F)cc(F)c1)C(=O)O. The zero-order valence-electron chi connectivity index (χ0n) is 14.0. The highest BCUT2D eigenvalue weighted by molar-refractivity contribution is 5.84. The second-order valence-electron chi connectivity index (χ2n) is 5.97. The Morgan fingerprint density at radius 2 is 1.62 bits per heavy atom. The maximum Gasteiger partial charge on any atom is 0.326 e. The summed E-state index contributed by atoms with van der Waals surface area (Å²) in [6, 6.07) is 1.88. The first kappa shape index (κ1) is 20.1. The third kappa shape index (κ3) is 8.04. The van der Waals surface area contributed by atoms with Gasteiger partial charge in [-0.25, -0.2) is 13.6 Å². The maximum absolute atomic E-state index is 13.1. The number of carbonyl (C=O) groups excluding carboxylic acids is 1. The van der Waals surface area contributed by atoms with E-state index in [1.165, 1.54) is 6.42 Å². The van der Waals surface area contributed by atoms with Crippen molar-refractivity contribution in [2.45, 2.75) is 64.3 Å². The van der Waals surface area contributed by atoms with Crippen molar-refractivity contribution in [1.82, 2.24) is 5.32 Å². The minimum absolute atomic E-state index is 0.175. The van der Waals surface area contributed by atoms with Gasteiger partial charge in [-0.15, -0.1) is 0 Å². The van der Waals surface area contributed by atoms with Gasteiger partial charge in [-0.1, -0.05) is 45.4 Å². The molecule has 1 atom stereocenters. The zero-order valence-corrected chi connectivity index (χ0v) is 14.0. The van der Waals surface area contributed by atoms with Crippen LogP contribution in [0.15, 0.2) is 18.2 Å². The van der Waals surface area contributed by atoms with Crippen LogP contribution in [-0.4, -0.2) is 23.0 Å². The molecule has 1 rings (SSSR count). The number of carbonyl (C=O) groups is 2. The van der Waals surface area contributed by atoms with Crippen molar-refractivity contribution in [2.75, 3.05) is 0 Å². The fourth-order valence-electron chi connectivity index (χ4n) is 2.53. The normalized spacial score (nSPS) is 12.0. The predicted octanol–water partition coefficient (Wildman–Crippen LogP) is 3.83. The summed E-state index contributed by atoms with van der Waals surface area (Å²) >= 11 is 0. The molecule has 1 aromatic carbocycles. The van der Waals surface area contributed by atoms with Crippen LogP contribution in [-0.2, 0) is 16.0 Å². The van der Waals surface area contributed by atoms with Crippen molar-refractivity contribution >= 4 is 11.9 Å². The molecule has 0 bridgehead atoms. The summed E-state index contributed by atoms with van der Waals surface area (Å²) in [5, 5.41) is 11.6. The molecule has 1 amide bonds. The van der Waals surface area contributed by atoms with Gasteiger partial charge in [-0.3, -0.25) is 4.79 Å². The van der Waals surface area contributed by atoms with Gasteiger partial charge in [0.25, 0.3) is 0 Å². The van der Waals surface area contributed by atoms with Crippen molar-refractivity contribution in [1.29, 1.82) is 0 Å². The monoisotopic (exact) mass is 341 g/mol. The second-order valence-corrected chi connectivity index (χ2v) is 5.97. The first-order chi connectivity index (χ1) is 11.4. The lowest BCUT2D eigenvalue weighted by Crippen LogP contribution is -2.41. The summed E-state index contributed by atoms with van der Waals surface area (Å²) in [5.74, 6) is -3.18. The van der Waals surface area contributed by atoms with Crippen LogP contribution >= 0.6 is 0 Å². The van der Waals surface area contributed by atoms with Crippen LogP contribution in [0.2, 0.25) is 0 Å². The lowest BCUT2D eigenvalue weighted by molar-refractivity contribution is -0.142. The zero-order chi connectivity index (χ0) is 17.9. The molecule has 0 aliphatic carbocycles. The summed E-state index contributed by atoms with van der Waals surface area (Å²) in [6.45, 7) is 2.13. The van der Waals surface area contributed by atoms with E-state index in [9.17, 15) is 23.5 Å². The van der Waals surface area contributed by atoms with E-state index in [1.54, 1.807) is 0 Å². The molecular formula is C18H25F2NO3. The van der Waals surface area contributed by atoms with Crippen LogP contribution in [0, 0.1) is 11.6 Å². The van der Waals surface area contributed by atoms with E-state index in [0.29, 0.717) is 6.42 Å². The molecule has 6 heteroatoms. The lowest BCUT2D eigenvalue weighted by atomic mass is 10.0. The van der Waals surface area contributed by atoms with Gasteiger partial charge in [0.05, 0.1) is 6.42 Å². The molecule has 0 heterocycles. The quantitative estimate of drug-likeness (QED) is 0.601. The standard InChI is InChI=1S/C18H25F2NO3/c1-2-3-4-5-6-7-8-16(18(23)24)21-17(22)11-13-9-14(19)12-15(20)10-13/h9-10,12,16H,2-8,11H2,1H3,(H,21,22)(H,23,24)/t16-/m1/s1. The van der Waals surface area contributed by atoms with Gasteiger partial charge >= 0.3 is 5.97 Å². The Morgan fingerprint density at radius 1 is 1.04 bits per heavy atom. The molecule has 24 heavy (non-hydrogen) atoms. The highest BCUT2D eigenvalue weighted by atomic mass is 19.1. The third-order valence-corrected chi connectivity index (χ3v) is 3.77. The van der Waals surface area contributed by atoms with Gasteiger partial charge in [0.2, 0.25) is 5.91 Å². The molecule has 0 radical (unpaired) electrons. The van der Waals surface area contributed by atoms with Gasteiger partial charge in [-0.2, -0.15) is 0 Å². The predicted molar refractivity (Wildman–Crippen MR) is 87.6 cm³/mol. The number of hydrogen-bond donors (Lipinski definition) is 2. The van der Waals surface area contributed by atoms with Crippen molar-refractivity contribution in [3.8, 4) is 0 Å². The number of nitrogens with one attached hydrogen (secondary N) is 1. The first-order valence-electron chi connectivity index (χ1n) is 8.39. The number of amides is 1. The average molecular weight is 341 g/mol. The van der Waals surface area contributed by atoms with Gasteiger partial charge < -0.3 is 10.4 Å². The van der Waals surface area contributed by atoms with Crippen LogP contribution in [0.25, 0.3) is 0 Å². The molecule has 0 saturated carbocycles. The largest absolute Gasteiger partial charge is 0.480 e. The minimum atomic E-state index is -1.10. The first-order valence-corrected chi connectivity index (χ1v) is 8.39. The van der Waals surface area contributed by atoms with Gasteiger partial charge in [0.1, 0.15) is 17.7 Å². The van der Waals surface area contributed by atoms with E-state index < -0.39 is 29.6 Å². The Bertz CT molecular complexity index is 529. The van der Waals surface area contributed by atoms with Crippen molar-refractivity contribution < 1.29 is 23.5 Å². The number of carboxylic acid groups (broad SMARTS) is 1. The van der Waals surface area contributed by atoms with Crippen molar-refractivity contribution in [3.63, 3.8) is 0 Å². The third-order valence-electron chi connectivity index (χ3n) is 3.77. The maximum atomic E-state index is 13.1. The van der Waals surface area contributed by atoms with Crippen LogP contribution < -0.4 is 5.32 Å². The Balaban J connectivity index is 2.43. The van der Waals surface area contributed by atoms with E-state index in [-0.39, 0.29) is 12.0 Å². The molecule has 1 aromatic rings. The van der Waals surface area contributed by atoms with Crippen LogP contribution in [0.3, 0.4) is 0 Å². The number of rotatable bonds is 11. The molecule has 0 aliphatic rings. The fourth-order valence-corrected chi connectivity index (χ4v) is 2.53. The number of aliphatic carboxylic acids is 1. The summed E-state index contributed by atoms with van der Waals surface area (Å²) < 4.78 is 26.2. The Morgan fingerprint density at radius 3 is 2.21 bits per heavy atom. The fraction of sp³-hybridized carbons (Fsp3) is 0.556. The Hall–Kier alpha value is -1.98. The molecule has 0 aromatic heterocycles. The van der Waals surface area contributed by atoms with Gasteiger partial charge in [0.15, 0.2) is 0 Å². The van der Waals surface area contributed by atoms with Gasteiger partial charge in [-0.05, 0) is 24.1 Å². The second kappa shape index (κ2) is 10.7. The number of unbranched alkanes of at least 4 members (excludes halogenated alkanes) is 5. The summed E-state index contributed by atoms with van der Waals surface area (Å²) in [7, 11) is 0. The topological polar surface area (TPSA) is 66.4 Å². The number of halogens is 2. The highest BCUT2D eigenvalue weighted by Crippen LogP contribution is 2.11. The summed E-state index contributed by atoms with van der Waals surface area (Å²) in [6.07, 6.45) is 6.24. The molecule has 134 valence electrons. The van der Waals surface area contributed by atoms with Crippen molar-refractivity contribution in [3.05, 3.63) is 35.4 Å². The molecule has 0 saturated heterocycles. The minimum Gasteiger partial charge on any atom is -0.480 e. The van der Waals surface area contributed by atoms with Gasteiger partial charge in [0, 0.05) is 6.07 Å². The number of benzene rings is 1. The molecule has 4 nitrogen and oxygen atoms in total. The molecule has 0 unspecified atom stereocenters. The molecular weight excluding hydrogens is 316 g/mol. The van der Waals surface area contributed by atoms with Crippen molar-refractivity contribution in [2.24, 2.45) is 0 Å². The van der Waals surface area contributed by atoms with Crippen LogP contribution in [0.1, 0.15) is 57.4 Å². The highest BCUT2D eigenvalue weighted by Gasteiger charge is 2.19. The van der Waals surface area contributed by atoms with E-state index in [4.69, 9.17) is 0 Å². The van der Waals surface area contributed by atoms with E-state index >= 15 is 0 Å². The number of hydrogen-bond acceptors (Lipinski definition) is 2. The Kier molecular flexibility index (Phi) is 8.97.